The number of aryl methyl sites for hydroxylation is 1. The molecule has 2 N–H and O–H groups in total. The summed E-state index contributed by atoms with van der Waals surface area (Å²) < 4.78 is 2.16. The third-order valence-electron chi connectivity index (χ3n) is 4.37. The van der Waals surface area contributed by atoms with E-state index >= 15 is 0 Å². The minimum atomic E-state index is -0.0361. The van der Waals surface area contributed by atoms with E-state index < -0.39 is 0 Å². The second-order valence-corrected chi connectivity index (χ2v) is 6.92. The molecule has 0 saturated carbocycles. The van der Waals surface area contributed by atoms with Crippen LogP contribution >= 0.6 is 12.4 Å². The van der Waals surface area contributed by atoms with Gasteiger partial charge in [0.15, 0.2) is 0 Å². The van der Waals surface area contributed by atoms with Crippen LogP contribution in [0.5, 0.6) is 0 Å². The van der Waals surface area contributed by atoms with Gasteiger partial charge in [-0.05, 0) is 18.3 Å². The van der Waals surface area contributed by atoms with Crippen molar-refractivity contribution in [1.29, 1.82) is 0 Å². The van der Waals surface area contributed by atoms with Gasteiger partial charge in [0.05, 0.1) is 30.1 Å². The zero-order chi connectivity index (χ0) is 17.0. The molecule has 0 spiro atoms. The molecule has 5 nitrogen and oxygen atoms in total. The molecule has 0 saturated heterocycles. The minimum Gasteiger partial charge on any atom is -0.396 e. The van der Waals surface area contributed by atoms with Crippen LogP contribution in [0.4, 0.5) is 0 Å². The summed E-state index contributed by atoms with van der Waals surface area (Å²) in [6, 6.07) is 10.2. The molecule has 0 radical (unpaired) electrons. The molecule has 3 aromatic rings. The van der Waals surface area contributed by atoms with Crippen LogP contribution in [0.25, 0.3) is 22.5 Å². The van der Waals surface area contributed by atoms with Crippen molar-refractivity contribution in [3.8, 4) is 22.5 Å². The Balaban J connectivity index is 0.00000225. The summed E-state index contributed by atoms with van der Waals surface area (Å²) in [6.07, 6.45) is 7.57. The third-order valence-corrected chi connectivity index (χ3v) is 4.37. The lowest BCUT2D eigenvalue weighted by molar-refractivity contribution is 0.146. The Bertz CT molecular complexity index is 780. The highest BCUT2D eigenvalue weighted by Crippen LogP contribution is 2.30. The van der Waals surface area contributed by atoms with E-state index in [9.17, 15) is 5.11 Å². The summed E-state index contributed by atoms with van der Waals surface area (Å²) in [6.45, 7) is 5.26. The number of H-pyrrole nitrogens is 1. The van der Waals surface area contributed by atoms with Gasteiger partial charge in [-0.2, -0.15) is 5.10 Å². The zero-order valence-electron chi connectivity index (χ0n) is 14.6. The number of aliphatic hydroxyl groups excluding tert-OH is 1. The smallest absolute Gasteiger partial charge is 0.0950 e. The number of hydrogen-bond acceptors (Lipinski definition) is 3. The van der Waals surface area contributed by atoms with Gasteiger partial charge in [-0.3, -0.25) is 5.10 Å². The van der Waals surface area contributed by atoms with Crippen molar-refractivity contribution >= 4 is 12.4 Å². The van der Waals surface area contributed by atoms with E-state index in [1.165, 1.54) is 0 Å². The first-order chi connectivity index (χ1) is 11.6. The summed E-state index contributed by atoms with van der Waals surface area (Å²) in [5.74, 6) is 0. The molecule has 0 unspecified atom stereocenters. The quantitative estimate of drug-likeness (QED) is 0.664. The number of halogens is 1. The van der Waals surface area contributed by atoms with Crippen LogP contribution in [0.3, 0.4) is 0 Å². The van der Waals surface area contributed by atoms with Gasteiger partial charge < -0.3 is 9.67 Å². The fourth-order valence-electron chi connectivity index (χ4n) is 2.84. The van der Waals surface area contributed by atoms with Crippen LogP contribution in [-0.4, -0.2) is 31.5 Å². The maximum atomic E-state index is 9.39. The fourth-order valence-corrected chi connectivity index (χ4v) is 2.84. The van der Waals surface area contributed by atoms with Gasteiger partial charge in [-0.25, -0.2) is 4.98 Å². The number of aliphatic hydroxyl groups is 1. The van der Waals surface area contributed by atoms with Crippen molar-refractivity contribution in [2.75, 3.05) is 6.61 Å². The molecule has 25 heavy (non-hydrogen) atoms. The zero-order valence-corrected chi connectivity index (χ0v) is 15.5. The number of imidazole rings is 1. The molecule has 0 aliphatic carbocycles. The van der Waals surface area contributed by atoms with E-state index in [1.54, 1.807) is 0 Å². The molecule has 0 aliphatic rings. The first-order valence-corrected chi connectivity index (χ1v) is 8.31. The first-order valence-electron chi connectivity index (χ1n) is 8.31. The van der Waals surface area contributed by atoms with Crippen molar-refractivity contribution < 1.29 is 5.11 Å². The molecule has 0 atom stereocenters. The highest BCUT2D eigenvalue weighted by molar-refractivity contribution is 5.85. The monoisotopic (exact) mass is 360 g/mol. The summed E-state index contributed by atoms with van der Waals surface area (Å²) in [5, 5.41) is 16.7. The van der Waals surface area contributed by atoms with E-state index in [4.69, 9.17) is 0 Å². The third kappa shape index (κ3) is 4.50. The molecule has 2 heterocycles. The Labute approximate surface area is 154 Å². The van der Waals surface area contributed by atoms with Gasteiger partial charge in [-0.15, -0.1) is 12.4 Å². The minimum absolute atomic E-state index is 0. The van der Waals surface area contributed by atoms with E-state index in [2.05, 4.69) is 45.7 Å². The van der Waals surface area contributed by atoms with Crippen molar-refractivity contribution in [3.63, 3.8) is 0 Å². The number of hydrogen-bond donors (Lipinski definition) is 2. The van der Waals surface area contributed by atoms with Crippen molar-refractivity contribution in [2.24, 2.45) is 5.41 Å². The number of aromatic amines is 1. The Kier molecular flexibility index (Phi) is 6.39. The van der Waals surface area contributed by atoms with Crippen LogP contribution in [0.2, 0.25) is 0 Å². The number of nitrogens with zero attached hydrogens (tertiary/aromatic N) is 3. The predicted molar refractivity (Wildman–Crippen MR) is 103 cm³/mol. The van der Waals surface area contributed by atoms with Gasteiger partial charge >= 0.3 is 0 Å². The maximum absolute atomic E-state index is 9.39. The summed E-state index contributed by atoms with van der Waals surface area (Å²) in [5.41, 5.74) is 4.20. The highest BCUT2D eigenvalue weighted by Gasteiger charge is 2.17. The van der Waals surface area contributed by atoms with Crippen LogP contribution < -0.4 is 0 Å². The molecule has 6 heteroatoms. The molecule has 0 aliphatic heterocycles. The predicted octanol–water partition coefficient (Wildman–Crippen LogP) is 4.16. The maximum Gasteiger partial charge on any atom is 0.0950 e. The molecule has 1 aromatic carbocycles. The average Bonchev–Trinajstić information content (AvgIpc) is 3.24. The van der Waals surface area contributed by atoms with Gasteiger partial charge in [0.2, 0.25) is 0 Å². The highest BCUT2D eigenvalue weighted by atomic mass is 35.5. The summed E-state index contributed by atoms with van der Waals surface area (Å²) in [4.78, 5) is 4.32. The number of rotatable bonds is 7. The standard InChI is InChI=1S/C19H24N4O.ClH/c1-19(2,13-24)9-6-10-23-14-20-12-17(23)16-11-21-22-18(16)15-7-4-3-5-8-15;/h3-5,7-8,11-12,14,24H,6,9-10,13H2,1-2H3,(H,21,22);1H. The lowest BCUT2D eigenvalue weighted by Gasteiger charge is -2.21. The van der Waals surface area contributed by atoms with E-state index in [0.717, 1.165) is 41.9 Å². The van der Waals surface area contributed by atoms with Crippen LogP contribution in [0.1, 0.15) is 26.7 Å². The lowest BCUT2D eigenvalue weighted by Crippen LogP contribution is -2.17. The van der Waals surface area contributed by atoms with E-state index in [0.29, 0.717) is 0 Å². The lowest BCUT2D eigenvalue weighted by atomic mass is 9.89. The van der Waals surface area contributed by atoms with Crippen LogP contribution in [0.15, 0.2) is 49.1 Å². The van der Waals surface area contributed by atoms with Crippen molar-refractivity contribution in [2.45, 2.75) is 33.2 Å². The topological polar surface area (TPSA) is 66.7 Å². The van der Waals surface area contributed by atoms with Crippen molar-refractivity contribution in [1.82, 2.24) is 19.7 Å². The Morgan fingerprint density at radius 3 is 2.64 bits per heavy atom. The molecule has 0 bridgehead atoms. The molecule has 2 aromatic heterocycles. The van der Waals surface area contributed by atoms with Gasteiger partial charge in [0.25, 0.3) is 0 Å². The van der Waals surface area contributed by atoms with Gasteiger partial charge in [0, 0.05) is 24.3 Å². The van der Waals surface area contributed by atoms with Gasteiger partial charge in [-0.1, -0.05) is 44.2 Å². The second kappa shape index (κ2) is 8.32. The molecular weight excluding hydrogens is 336 g/mol. The molecular formula is C19H25ClN4O. The first kappa shape index (κ1) is 19.2. The van der Waals surface area contributed by atoms with Crippen LogP contribution in [0, 0.1) is 5.41 Å². The Hall–Kier alpha value is -2.11. The van der Waals surface area contributed by atoms with Gasteiger partial charge in [0.1, 0.15) is 0 Å². The SMILES string of the molecule is CC(C)(CO)CCCn1cncc1-c1cn[nH]c1-c1ccccc1.Cl. The number of nitrogens with one attached hydrogen (secondary N) is 1. The molecule has 134 valence electrons. The summed E-state index contributed by atoms with van der Waals surface area (Å²) in [7, 11) is 0. The fraction of sp³-hybridized carbons (Fsp3) is 0.368. The molecule has 0 amide bonds. The second-order valence-electron chi connectivity index (χ2n) is 6.92. The van der Waals surface area contributed by atoms with E-state index in [1.807, 2.05) is 36.9 Å². The number of aromatic nitrogens is 4. The van der Waals surface area contributed by atoms with Crippen LogP contribution in [-0.2, 0) is 6.54 Å². The number of benzene rings is 1. The average molecular weight is 361 g/mol. The Morgan fingerprint density at radius 1 is 1.16 bits per heavy atom. The Morgan fingerprint density at radius 2 is 1.92 bits per heavy atom. The summed E-state index contributed by atoms with van der Waals surface area (Å²) >= 11 is 0. The normalized spacial score (nSPS) is 11.3. The van der Waals surface area contributed by atoms with E-state index in [-0.39, 0.29) is 24.4 Å². The molecule has 3 rings (SSSR count). The largest absolute Gasteiger partial charge is 0.396 e. The van der Waals surface area contributed by atoms with Crippen molar-refractivity contribution in [3.05, 3.63) is 49.1 Å². The molecule has 0 fully saturated rings.